The van der Waals surface area contributed by atoms with Crippen molar-refractivity contribution in [2.75, 3.05) is 0 Å². The summed E-state index contributed by atoms with van der Waals surface area (Å²) in [7, 11) is 0. The van der Waals surface area contributed by atoms with E-state index in [1.807, 2.05) is 30.3 Å². The summed E-state index contributed by atoms with van der Waals surface area (Å²) in [4.78, 5) is 22.6. The minimum absolute atomic E-state index is 0.253. The largest absolute Gasteiger partial charge is 0.422 e. The van der Waals surface area contributed by atoms with Crippen LogP contribution in [-0.4, -0.2) is 18.2 Å². The van der Waals surface area contributed by atoms with E-state index in [-0.39, 0.29) is 5.57 Å². The van der Waals surface area contributed by atoms with Crippen LogP contribution in [0, 0.1) is 0 Å². The van der Waals surface area contributed by atoms with Crippen molar-refractivity contribution in [1.82, 2.24) is 0 Å². The Hall–Kier alpha value is -2.36. The van der Waals surface area contributed by atoms with Crippen molar-refractivity contribution in [3.05, 3.63) is 54.1 Å². The Balaban J connectivity index is 2.45. The highest BCUT2D eigenvalue weighted by atomic mass is 16.7. The molecule has 4 heteroatoms. The van der Waals surface area contributed by atoms with E-state index in [4.69, 9.17) is 9.47 Å². The molecule has 0 radical (unpaired) electrons. The molecule has 0 saturated heterocycles. The molecule has 0 N–H and O–H groups in total. The lowest BCUT2D eigenvalue weighted by molar-refractivity contribution is -0.177. The summed E-state index contributed by atoms with van der Waals surface area (Å²) in [5, 5.41) is 0. The van der Waals surface area contributed by atoms with Gasteiger partial charge in [-0.25, -0.2) is 9.59 Å². The molecule has 0 heterocycles. The molecule has 1 rings (SSSR count). The molecule has 0 aliphatic heterocycles. The Morgan fingerprint density at radius 1 is 1.21 bits per heavy atom. The third-order valence-electron chi connectivity index (χ3n) is 2.12. The van der Waals surface area contributed by atoms with Crippen LogP contribution in [0.4, 0.5) is 0 Å². The molecule has 1 aromatic rings. The highest BCUT2D eigenvalue weighted by molar-refractivity contribution is 5.88. The second-order valence-electron chi connectivity index (χ2n) is 3.93. The first-order valence-electron chi connectivity index (χ1n) is 5.79. The van der Waals surface area contributed by atoms with Gasteiger partial charge in [0.15, 0.2) is 0 Å². The number of rotatable bonds is 5. The number of benzene rings is 1. The van der Waals surface area contributed by atoms with Gasteiger partial charge in [-0.2, -0.15) is 0 Å². The Bertz CT molecular complexity index is 488. The van der Waals surface area contributed by atoms with E-state index in [1.165, 1.54) is 19.9 Å². The Labute approximate surface area is 112 Å². The minimum Gasteiger partial charge on any atom is -0.422 e. The molecule has 1 aromatic carbocycles. The van der Waals surface area contributed by atoms with Crippen molar-refractivity contribution in [1.29, 1.82) is 0 Å². The van der Waals surface area contributed by atoms with Gasteiger partial charge in [0.1, 0.15) is 0 Å². The van der Waals surface area contributed by atoms with Gasteiger partial charge in [-0.1, -0.05) is 36.9 Å². The van der Waals surface area contributed by atoms with Crippen LogP contribution >= 0.6 is 0 Å². The summed E-state index contributed by atoms with van der Waals surface area (Å²) in [5.74, 6) is -1.17. The van der Waals surface area contributed by atoms with Crippen LogP contribution in [-0.2, 0) is 19.1 Å². The minimum atomic E-state index is -0.947. The second kappa shape index (κ2) is 7.16. The lowest BCUT2D eigenvalue weighted by atomic mass is 10.2. The fourth-order valence-corrected chi connectivity index (χ4v) is 1.21. The lowest BCUT2D eigenvalue weighted by Gasteiger charge is -2.12. The molecule has 100 valence electrons. The van der Waals surface area contributed by atoms with Crippen molar-refractivity contribution in [2.24, 2.45) is 0 Å². The maximum atomic E-state index is 11.5. The molecule has 0 aliphatic rings. The molecule has 0 fully saturated rings. The van der Waals surface area contributed by atoms with E-state index in [2.05, 4.69) is 6.58 Å². The zero-order valence-corrected chi connectivity index (χ0v) is 11.0. The molecule has 0 aromatic heterocycles. The normalized spacial score (nSPS) is 11.9. The molecule has 0 amide bonds. The Kier molecular flexibility index (Phi) is 5.54. The van der Waals surface area contributed by atoms with Crippen molar-refractivity contribution < 1.29 is 19.1 Å². The van der Waals surface area contributed by atoms with Crippen LogP contribution in [0.3, 0.4) is 0 Å². The third-order valence-corrected chi connectivity index (χ3v) is 2.12. The maximum Gasteiger partial charge on any atom is 0.336 e. The first-order valence-corrected chi connectivity index (χ1v) is 5.79. The van der Waals surface area contributed by atoms with Crippen LogP contribution in [0.5, 0.6) is 0 Å². The summed E-state index contributed by atoms with van der Waals surface area (Å²) in [6.07, 6.45) is 1.95. The summed E-state index contributed by atoms with van der Waals surface area (Å²) in [6.45, 7) is 6.42. The van der Waals surface area contributed by atoms with Gasteiger partial charge in [0.25, 0.3) is 0 Å². The zero-order chi connectivity index (χ0) is 14.3. The average molecular weight is 260 g/mol. The van der Waals surface area contributed by atoms with Crippen LogP contribution in [0.2, 0.25) is 0 Å². The summed E-state index contributed by atoms with van der Waals surface area (Å²) >= 11 is 0. The van der Waals surface area contributed by atoms with E-state index in [0.717, 1.165) is 5.56 Å². The van der Waals surface area contributed by atoms with Gasteiger partial charge in [-0.3, -0.25) is 0 Å². The SMILES string of the molecule is C=C(C)C(=O)OC(C)OC(=O)/C=C/c1ccccc1. The predicted molar refractivity (Wildman–Crippen MR) is 71.9 cm³/mol. The predicted octanol–water partition coefficient (Wildman–Crippen LogP) is 2.71. The smallest absolute Gasteiger partial charge is 0.336 e. The van der Waals surface area contributed by atoms with Crippen LogP contribution in [0.1, 0.15) is 19.4 Å². The van der Waals surface area contributed by atoms with Crippen LogP contribution < -0.4 is 0 Å². The molecule has 1 atom stereocenters. The van der Waals surface area contributed by atoms with Crippen molar-refractivity contribution in [2.45, 2.75) is 20.1 Å². The molecule has 19 heavy (non-hydrogen) atoms. The molecular formula is C15H16O4. The quantitative estimate of drug-likeness (QED) is 0.464. The number of ether oxygens (including phenoxy) is 2. The van der Waals surface area contributed by atoms with Gasteiger partial charge in [0.2, 0.25) is 6.29 Å². The van der Waals surface area contributed by atoms with E-state index in [1.54, 1.807) is 6.08 Å². The molecular weight excluding hydrogens is 244 g/mol. The number of carbonyl (C=O) groups excluding carboxylic acids is 2. The van der Waals surface area contributed by atoms with Crippen molar-refractivity contribution in [3.63, 3.8) is 0 Å². The van der Waals surface area contributed by atoms with E-state index in [0.29, 0.717) is 0 Å². The lowest BCUT2D eigenvalue weighted by Crippen LogP contribution is -2.20. The first-order chi connectivity index (χ1) is 8.99. The van der Waals surface area contributed by atoms with E-state index >= 15 is 0 Å². The van der Waals surface area contributed by atoms with Gasteiger partial charge in [-0.15, -0.1) is 0 Å². The van der Waals surface area contributed by atoms with Gasteiger partial charge in [0, 0.05) is 18.6 Å². The molecule has 0 saturated carbocycles. The maximum absolute atomic E-state index is 11.5. The number of esters is 2. The third kappa shape index (κ3) is 5.68. The van der Waals surface area contributed by atoms with Gasteiger partial charge in [-0.05, 0) is 18.6 Å². The molecule has 4 nitrogen and oxygen atoms in total. The second-order valence-corrected chi connectivity index (χ2v) is 3.93. The number of hydrogen-bond donors (Lipinski definition) is 0. The fraction of sp³-hybridized carbons (Fsp3) is 0.200. The Morgan fingerprint density at radius 3 is 2.42 bits per heavy atom. The monoisotopic (exact) mass is 260 g/mol. The standard InChI is InChI=1S/C15H16O4/c1-11(2)15(17)19-12(3)18-14(16)10-9-13-7-5-4-6-8-13/h4-10,12H,1H2,2-3H3/b10-9+. The van der Waals surface area contributed by atoms with Crippen molar-refractivity contribution in [3.8, 4) is 0 Å². The molecule has 1 unspecified atom stereocenters. The summed E-state index contributed by atoms with van der Waals surface area (Å²) < 4.78 is 9.70. The van der Waals surface area contributed by atoms with Crippen molar-refractivity contribution >= 4 is 18.0 Å². The molecule has 0 spiro atoms. The molecule has 0 bridgehead atoms. The van der Waals surface area contributed by atoms with Gasteiger partial charge >= 0.3 is 11.9 Å². The Morgan fingerprint density at radius 2 is 1.84 bits per heavy atom. The zero-order valence-electron chi connectivity index (χ0n) is 11.0. The highest BCUT2D eigenvalue weighted by Crippen LogP contribution is 2.04. The first kappa shape index (κ1) is 14.7. The van der Waals surface area contributed by atoms with Crippen LogP contribution in [0.25, 0.3) is 6.08 Å². The van der Waals surface area contributed by atoms with E-state index < -0.39 is 18.2 Å². The average Bonchev–Trinajstić information content (AvgIpc) is 2.37. The number of carbonyl (C=O) groups is 2. The fourth-order valence-electron chi connectivity index (χ4n) is 1.21. The topological polar surface area (TPSA) is 52.6 Å². The van der Waals surface area contributed by atoms with Gasteiger partial charge < -0.3 is 9.47 Å². The van der Waals surface area contributed by atoms with E-state index in [9.17, 15) is 9.59 Å². The molecule has 0 aliphatic carbocycles. The van der Waals surface area contributed by atoms with Crippen LogP contribution in [0.15, 0.2) is 48.6 Å². The summed E-state index contributed by atoms with van der Waals surface area (Å²) in [6, 6.07) is 9.32. The number of hydrogen-bond acceptors (Lipinski definition) is 4. The van der Waals surface area contributed by atoms with Gasteiger partial charge in [0.05, 0.1) is 0 Å². The highest BCUT2D eigenvalue weighted by Gasteiger charge is 2.12. The summed E-state index contributed by atoms with van der Waals surface area (Å²) in [5.41, 5.74) is 1.13.